The van der Waals surface area contributed by atoms with Crippen LogP contribution in [0.4, 0.5) is 0 Å². The van der Waals surface area contributed by atoms with E-state index in [2.05, 4.69) is 34.4 Å². The zero-order valence-electron chi connectivity index (χ0n) is 16.4. The summed E-state index contributed by atoms with van der Waals surface area (Å²) in [6, 6.07) is 0. The first-order valence-electron chi connectivity index (χ1n) is 9.58. The zero-order valence-corrected chi connectivity index (χ0v) is 18.7. The van der Waals surface area contributed by atoms with Gasteiger partial charge in [0, 0.05) is 39.8 Å². The number of rotatable bonds is 12. The van der Waals surface area contributed by atoms with Crippen molar-refractivity contribution in [1.82, 2.24) is 15.5 Å². The van der Waals surface area contributed by atoms with Crippen LogP contribution in [0.3, 0.4) is 0 Å². The van der Waals surface area contributed by atoms with Gasteiger partial charge >= 0.3 is 0 Å². The van der Waals surface area contributed by atoms with Crippen LogP contribution in [-0.4, -0.2) is 77.1 Å². The predicted molar refractivity (Wildman–Crippen MR) is 116 cm³/mol. The van der Waals surface area contributed by atoms with E-state index in [9.17, 15) is 0 Å². The van der Waals surface area contributed by atoms with Crippen LogP contribution < -0.4 is 10.6 Å². The van der Waals surface area contributed by atoms with E-state index in [1.807, 2.05) is 0 Å². The highest BCUT2D eigenvalue weighted by Crippen LogP contribution is 2.14. The van der Waals surface area contributed by atoms with Gasteiger partial charge in [-0.3, -0.25) is 4.99 Å². The molecular weight excluding hydrogens is 431 g/mol. The van der Waals surface area contributed by atoms with Crippen LogP contribution in [-0.2, 0) is 9.47 Å². The van der Waals surface area contributed by atoms with Crippen LogP contribution in [0.1, 0.15) is 39.5 Å². The number of ether oxygens (including phenoxy) is 2. The first kappa shape index (κ1) is 24.9. The van der Waals surface area contributed by atoms with Gasteiger partial charge in [-0.15, -0.1) is 24.0 Å². The van der Waals surface area contributed by atoms with E-state index < -0.39 is 0 Å². The highest BCUT2D eigenvalue weighted by atomic mass is 127. The molecule has 150 valence electrons. The average Bonchev–Trinajstić information content (AvgIpc) is 2.59. The monoisotopic (exact) mass is 470 g/mol. The number of nitrogens with one attached hydrogen (secondary N) is 2. The van der Waals surface area contributed by atoms with Crippen LogP contribution in [0, 0.1) is 5.92 Å². The summed E-state index contributed by atoms with van der Waals surface area (Å²) in [6.45, 7) is 12.6. The summed E-state index contributed by atoms with van der Waals surface area (Å²) < 4.78 is 11.0. The minimum atomic E-state index is 0. The number of nitrogens with zero attached hydrogens (tertiary/aromatic N) is 2. The summed E-state index contributed by atoms with van der Waals surface area (Å²) in [5.74, 6) is 1.68. The lowest BCUT2D eigenvalue weighted by molar-refractivity contribution is 0.0487. The average molecular weight is 470 g/mol. The molecule has 7 heteroatoms. The van der Waals surface area contributed by atoms with E-state index >= 15 is 0 Å². The third-order valence-corrected chi connectivity index (χ3v) is 4.24. The molecule has 1 aliphatic rings. The molecule has 1 fully saturated rings. The van der Waals surface area contributed by atoms with Crippen molar-refractivity contribution in [3.8, 4) is 0 Å². The van der Waals surface area contributed by atoms with Gasteiger partial charge in [0.2, 0.25) is 0 Å². The highest BCUT2D eigenvalue weighted by Gasteiger charge is 2.15. The summed E-state index contributed by atoms with van der Waals surface area (Å²) in [4.78, 5) is 6.79. The summed E-state index contributed by atoms with van der Waals surface area (Å²) in [5, 5.41) is 6.66. The molecule has 0 bridgehead atoms. The summed E-state index contributed by atoms with van der Waals surface area (Å²) in [5.41, 5.74) is 0. The van der Waals surface area contributed by atoms with Gasteiger partial charge in [-0.25, -0.2) is 0 Å². The number of hydrogen-bond donors (Lipinski definition) is 2. The van der Waals surface area contributed by atoms with E-state index in [4.69, 9.17) is 9.47 Å². The van der Waals surface area contributed by atoms with Gasteiger partial charge in [-0.1, -0.05) is 20.3 Å². The Morgan fingerprint density at radius 3 is 2.52 bits per heavy atom. The normalized spacial score (nSPS) is 18.7. The molecule has 1 atom stereocenters. The number of piperidine rings is 1. The van der Waals surface area contributed by atoms with Crippen molar-refractivity contribution in [1.29, 1.82) is 0 Å². The Morgan fingerprint density at radius 2 is 1.84 bits per heavy atom. The molecule has 0 aromatic carbocycles. The zero-order chi connectivity index (χ0) is 17.5. The van der Waals surface area contributed by atoms with Crippen molar-refractivity contribution in [2.24, 2.45) is 10.9 Å². The van der Waals surface area contributed by atoms with Gasteiger partial charge < -0.3 is 25.0 Å². The van der Waals surface area contributed by atoms with E-state index in [0.29, 0.717) is 19.8 Å². The number of aliphatic imine (C=N–C) groups is 1. The molecule has 0 aliphatic carbocycles. The van der Waals surface area contributed by atoms with E-state index in [-0.39, 0.29) is 24.0 Å². The van der Waals surface area contributed by atoms with Gasteiger partial charge in [-0.2, -0.15) is 0 Å². The molecule has 0 radical (unpaired) electrons. The maximum absolute atomic E-state index is 5.54. The number of likely N-dealkylation sites (tertiary alicyclic amines) is 1. The fraction of sp³-hybridized carbons (Fsp3) is 0.944. The second-order valence-electron chi connectivity index (χ2n) is 6.55. The highest BCUT2D eigenvalue weighted by molar-refractivity contribution is 14.0. The molecule has 0 aromatic heterocycles. The Hall–Kier alpha value is -0.120. The Balaban J connectivity index is 0.00000576. The van der Waals surface area contributed by atoms with Gasteiger partial charge in [0.05, 0.1) is 19.8 Å². The Morgan fingerprint density at radius 1 is 1.12 bits per heavy atom. The quantitative estimate of drug-likeness (QED) is 0.199. The predicted octanol–water partition coefficient (Wildman–Crippen LogP) is 2.33. The van der Waals surface area contributed by atoms with E-state index in [1.54, 1.807) is 7.05 Å². The van der Waals surface area contributed by atoms with Crippen LogP contribution in [0.5, 0.6) is 0 Å². The van der Waals surface area contributed by atoms with Gasteiger partial charge in [0.25, 0.3) is 0 Å². The Kier molecular flexibility index (Phi) is 17.2. The maximum Gasteiger partial charge on any atom is 0.191 e. The fourth-order valence-electron chi connectivity index (χ4n) is 2.85. The van der Waals surface area contributed by atoms with Crippen LogP contribution in [0.2, 0.25) is 0 Å². The van der Waals surface area contributed by atoms with Crippen molar-refractivity contribution in [2.75, 3.05) is 66.2 Å². The largest absolute Gasteiger partial charge is 0.379 e. The molecule has 25 heavy (non-hydrogen) atoms. The summed E-state index contributed by atoms with van der Waals surface area (Å²) in [6.07, 6.45) is 5.00. The first-order valence-corrected chi connectivity index (χ1v) is 9.58. The van der Waals surface area contributed by atoms with E-state index in [0.717, 1.165) is 44.5 Å². The van der Waals surface area contributed by atoms with Gasteiger partial charge in [-0.05, 0) is 31.7 Å². The summed E-state index contributed by atoms with van der Waals surface area (Å²) in [7, 11) is 1.81. The molecule has 1 unspecified atom stereocenters. The molecule has 1 aliphatic heterocycles. The topological polar surface area (TPSA) is 58.1 Å². The molecular formula is C18H39IN4O2. The third kappa shape index (κ3) is 13.7. The molecule has 0 aromatic rings. The standard InChI is InChI=1S/C18H38N4O2.HI/c1-4-5-12-23-14-15-24-13-9-21-18(19-3)20-8-11-22-10-6-7-17(2)16-22;/h17H,4-16H2,1-3H3,(H2,19,20,21);1H. The van der Waals surface area contributed by atoms with Crippen LogP contribution >= 0.6 is 24.0 Å². The van der Waals surface area contributed by atoms with Gasteiger partial charge in [0.15, 0.2) is 5.96 Å². The smallest absolute Gasteiger partial charge is 0.191 e. The molecule has 2 N–H and O–H groups in total. The van der Waals surface area contributed by atoms with Crippen molar-refractivity contribution in [3.05, 3.63) is 0 Å². The minimum Gasteiger partial charge on any atom is -0.379 e. The number of unbranched alkanes of at least 4 members (excludes halogenated alkanes) is 1. The minimum absolute atomic E-state index is 0. The molecule has 0 spiro atoms. The maximum atomic E-state index is 5.54. The lowest BCUT2D eigenvalue weighted by Gasteiger charge is -2.30. The molecule has 1 heterocycles. The second-order valence-corrected chi connectivity index (χ2v) is 6.55. The number of hydrogen-bond acceptors (Lipinski definition) is 4. The number of guanidine groups is 1. The molecule has 0 amide bonds. The Bertz CT molecular complexity index is 332. The first-order chi connectivity index (χ1) is 11.8. The van der Waals surface area contributed by atoms with Crippen molar-refractivity contribution >= 4 is 29.9 Å². The second kappa shape index (κ2) is 17.3. The van der Waals surface area contributed by atoms with Crippen molar-refractivity contribution in [3.63, 3.8) is 0 Å². The molecule has 1 rings (SSSR count). The summed E-state index contributed by atoms with van der Waals surface area (Å²) >= 11 is 0. The third-order valence-electron chi connectivity index (χ3n) is 4.24. The number of halogens is 1. The lowest BCUT2D eigenvalue weighted by atomic mass is 10.0. The SMILES string of the molecule is CCCCOCCOCCNC(=NC)NCCN1CCCC(C)C1.I. The van der Waals surface area contributed by atoms with Crippen molar-refractivity contribution in [2.45, 2.75) is 39.5 Å². The van der Waals surface area contributed by atoms with Gasteiger partial charge in [0.1, 0.15) is 0 Å². The van der Waals surface area contributed by atoms with Crippen molar-refractivity contribution < 1.29 is 9.47 Å². The Labute approximate surface area is 171 Å². The molecule has 1 saturated heterocycles. The fourth-order valence-corrected chi connectivity index (χ4v) is 2.85. The molecule has 0 saturated carbocycles. The van der Waals surface area contributed by atoms with E-state index in [1.165, 1.54) is 32.4 Å². The lowest BCUT2D eigenvalue weighted by Crippen LogP contribution is -2.44. The van der Waals surface area contributed by atoms with Crippen LogP contribution in [0.25, 0.3) is 0 Å². The molecule has 6 nitrogen and oxygen atoms in total. The van der Waals surface area contributed by atoms with Crippen LogP contribution in [0.15, 0.2) is 4.99 Å².